The van der Waals surface area contributed by atoms with Crippen molar-refractivity contribution in [3.8, 4) is 0 Å². The Kier molecular flexibility index (Phi) is 6.91. The summed E-state index contributed by atoms with van der Waals surface area (Å²) in [6, 6.07) is 0. The van der Waals surface area contributed by atoms with E-state index < -0.39 is 9.84 Å². The summed E-state index contributed by atoms with van der Waals surface area (Å²) in [6.07, 6.45) is 4.74. The Hall–Kier alpha value is -1.10. The smallest absolute Gasteiger partial charge is 0.312 e. The molecule has 0 fully saturated rings. The minimum absolute atomic E-state index is 0.0337. The lowest BCUT2D eigenvalue weighted by atomic mass is 10.1. The van der Waals surface area contributed by atoms with Crippen molar-refractivity contribution in [3.05, 3.63) is 23.3 Å². The molecule has 0 rings (SSSR count). The fraction of sp³-hybridized carbons (Fsp3) is 0.615. The predicted octanol–water partition coefficient (Wildman–Crippen LogP) is 2.12. The average molecular weight is 274 g/mol. The summed E-state index contributed by atoms with van der Waals surface area (Å²) in [6.45, 7) is 7.46. The van der Waals surface area contributed by atoms with Crippen LogP contribution in [0, 0.1) is 5.92 Å². The van der Waals surface area contributed by atoms with Crippen LogP contribution < -0.4 is 0 Å². The van der Waals surface area contributed by atoms with Gasteiger partial charge in [0, 0.05) is 6.26 Å². The van der Waals surface area contributed by atoms with Gasteiger partial charge in [-0.3, -0.25) is 4.79 Å². The molecule has 0 saturated heterocycles. The van der Waals surface area contributed by atoms with Crippen molar-refractivity contribution in [2.75, 3.05) is 18.6 Å². The van der Waals surface area contributed by atoms with Crippen LogP contribution in [0.1, 0.15) is 27.7 Å². The summed E-state index contributed by atoms with van der Waals surface area (Å²) in [5.74, 6) is -0.565. The van der Waals surface area contributed by atoms with Gasteiger partial charge in [0.05, 0.1) is 18.3 Å². The van der Waals surface area contributed by atoms with E-state index in [0.717, 1.165) is 11.1 Å². The quantitative estimate of drug-likeness (QED) is 0.550. The fourth-order valence-corrected chi connectivity index (χ4v) is 2.54. The number of hydrogen-bond donors (Lipinski definition) is 0. The molecule has 18 heavy (non-hydrogen) atoms. The highest BCUT2D eigenvalue weighted by atomic mass is 32.2. The van der Waals surface area contributed by atoms with Crippen molar-refractivity contribution in [2.45, 2.75) is 27.7 Å². The van der Waals surface area contributed by atoms with E-state index in [4.69, 9.17) is 4.74 Å². The number of carbonyl (C=O) groups excluding carboxylic acids is 1. The Balaban J connectivity index is 4.69. The van der Waals surface area contributed by atoms with Gasteiger partial charge in [-0.25, -0.2) is 8.42 Å². The van der Waals surface area contributed by atoms with Crippen LogP contribution in [0.2, 0.25) is 0 Å². The molecule has 0 spiro atoms. The van der Waals surface area contributed by atoms with Gasteiger partial charge in [-0.05, 0) is 27.7 Å². The third-order valence-corrected chi connectivity index (χ3v) is 3.11. The average Bonchev–Trinajstić information content (AvgIpc) is 2.13. The summed E-state index contributed by atoms with van der Waals surface area (Å²) in [5.41, 5.74) is 1.61. The molecule has 0 aliphatic carbocycles. The molecule has 4 nitrogen and oxygen atoms in total. The first kappa shape index (κ1) is 16.9. The largest absolute Gasteiger partial charge is 0.466 e. The molecule has 0 aromatic heterocycles. The van der Waals surface area contributed by atoms with Crippen LogP contribution in [0.4, 0.5) is 0 Å². The second-order valence-corrected chi connectivity index (χ2v) is 6.65. The summed E-state index contributed by atoms with van der Waals surface area (Å²) in [4.78, 5) is 11.4. The number of sulfone groups is 1. The maximum Gasteiger partial charge on any atom is 0.312 e. The Labute approximate surface area is 110 Å². The van der Waals surface area contributed by atoms with E-state index in [2.05, 4.69) is 0 Å². The minimum Gasteiger partial charge on any atom is -0.466 e. The number of allylic oxidation sites excluding steroid dienone is 2. The van der Waals surface area contributed by atoms with Crippen molar-refractivity contribution < 1.29 is 17.9 Å². The first-order valence-corrected chi connectivity index (χ1v) is 7.91. The van der Waals surface area contributed by atoms with Crippen LogP contribution in [0.5, 0.6) is 0 Å². The van der Waals surface area contributed by atoms with E-state index in [-0.39, 0.29) is 17.6 Å². The Morgan fingerprint density at radius 3 is 2.33 bits per heavy atom. The lowest BCUT2D eigenvalue weighted by Crippen LogP contribution is -2.12. The summed E-state index contributed by atoms with van der Waals surface area (Å²) in [7, 11) is -3.01. The van der Waals surface area contributed by atoms with Gasteiger partial charge in [0.2, 0.25) is 0 Å². The SMILES string of the molecule is CCOC(=O)C(C)/C=C(C)/C=C(\C)CS(C)(=O)=O. The number of esters is 1. The van der Waals surface area contributed by atoms with Crippen molar-refractivity contribution in [2.24, 2.45) is 5.92 Å². The molecule has 5 heteroatoms. The van der Waals surface area contributed by atoms with E-state index >= 15 is 0 Å². The molecule has 0 aromatic carbocycles. The molecular weight excluding hydrogens is 252 g/mol. The first-order valence-electron chi connectivity index (χ1n) is 5.85. The number of carbonyl (C=O) groups is 1. The van der Waals surface area contributed by atoms with Gasteiger partial charge in [-0.15, -0.1) is 0 Å². The molecule has 0 amide bonds. The van der Waals surface area contributed by atoms with Crippen LogP contribution in [0.3, 0.4) is 0 Å². The predicted molar refractivity (Wildman–Crippen MR) is 73.0 cm³/mol. The molecular formula is C13H22O4S. The molecule has 1 atom stereocenters. The van der Waals surface area contributed by atoms with Crippen LogP contribution in [-0.4, -0.2) is 33.0 Å². The van der Waals surface area contributed by atoms with Crippen molar-refractivity contribution in [1.82, 2.24) is 0 Å². The van der Waals surface area contributed by atoms with Gasteiger partial charge < -0.3 is 4.74 Å². The monoisotopic (exact) mass is 274 g/mol. The molecule has 1 unspecified atom stereocenters. The van der Waals surface area contributed by atoms with Crippen LogP contribution >= 0.6 is 0 Å². The third kappa shape index (κ3) is 8.06. The Morgan fingerprint density at radius 2 is 1.89 bits per heavy atom. The Morgan fingerprint density at radius 1 is 1.33 bits per heavy atom. The molecule has 0 heterocycles. The molecule has 0 N–H and O–H groups in total. The molecule has 0 aliphatic heterocycles. The van der Waals surface area contributed by atoms with E-state index in [9.17, 15) is 13.2 Å². The van der Waals surface area contributed by atoms with Gasteiger partial charge in [0.15, 0.2) is 9.84 Å². The van der Waals surface area contributed by atoms with Crippen molar-refractivity contribution in [3.63, 3.8) is 0 Å². The molecule has 0 saturated carbocycles. The molecule has 0 bridgehead atoms. The number of ether oxygens (including phenoxy) is 1. The second-order valence-electron chi connectivity index (χ2n) is 4.51. The highest BCUT2D eigenvalue weighted by molar-refractivity contribution is 7.90. The van der Waals surface area contributed by atoms with E-state index in [1.807, 2.05) is 6.92 Å². The molecule has 0 aromatic rings. The third-order valence-electron chi connectivity index (χ3n) is 2.14. The van der Waals surface area contributed by atoms with E-state index in [1.54, 1.807) is 32.9 Å². The van der Waals surface area contributed by atoms with Crippen molar-refractivity contribution in [1.29, 1.82) is 0 Å². The Bertz CT molecular complexity index is 444. The maximum atomic E-state index is 11.4. The van der Waals surface area contributed by atoms with Gasteiger partial charge >= 0.3 is 5.97 Å². The van der Waals surface area contributed by atoms with Gasteiger partial charge in [0.1, 0.15) is 0 Å². The van der Waals surface area contributed by atoms with Gasteiger partial charge in [-0.2, -0.15) is 0 Å². The van der Waals surface area contributed by atoms with Gasteiger partial charge in [-0.1, -0.05) is 23.3 Å². The van der Waals surface area contributed by atoms with Gasteiger partial charge in [0.25, 0.3) is 0 Å². The molecule has 0 radical (unpaired) electrons. The van der Waals surface area contributed by atoms with E-state index in [1.165, 1.54) is 6.26 Å². The van der Waals surface area contributed by atoms with Crippen LogP contribution in [-0.2, 0) is 19.4 Å². The summed E-state index contributed by atoms with van der Waals surface area (Å²) < 4.78 is 27.1. The maximum absolute atomic E-state index is 11.4. The highest BCUT2D eigenvalue weighted by Crippen LogP contribution is 2.09. The summed E-state index contributed by atoms with van der Waals surface area (Å²) in [5, 5.41) is 0. The number of rotatable bonds is 6. The topological polar surface area (TPSA) is 60.4 Å². The minimum atomic E-state index is -3.01. The van der Waals surface area contributed by atoms with Crippen molar-refractivity contribution >= 4 is 15.8 Å². The zero-order valence-corrected chi connectivity index (χ0v) is 12.5. The number of hydrogen-bond acceptors (Lipinski definition) is 4. The summed E-state index contributed by atoms with van der Waals surface area (Å²) >= 11 is 0. The van der Waals surface area contributed by atoms with Crippen LogP contribution in [0.15, 0.2) is 23.3 Å². The molecule has 104 valence electrons. The molecule has 0 aliphatic rings. The normalized spacial score (nSPS) is 15.4. The lowest BCUT2D eigenvalue weighted by Gasteiger charge is -2.07. The zero-order valence-electron chi connectivity index (χ0n) is 11.7. The highest BCUT2D eigenvalue weighted by Gasteiger charge is 2.10. The van der Waals surface area contributed by atoms with E-state index in [0.29, 0.717) is 6.61 Å². The fourth-order valence-electron chi connectivity index (χ4n) is 1.63. The lowest BCUT2D eigenvalue weighted by molar-refractivity contribution is -0.145. The standard InChI is InChI=1S/C13H22O4S/c1-6-17-13(14)12(4)8-10(2)7-11(3)9-18(5,15)16/h7-8,12H,6,9H2,1-5H3/b10-8+,11-7+. The van der Waals surface area contributed by atoms with Crippen LogP contribution in [0.25, 0.3) is 0 Å². The second kappa shape index (κ2) is 7.36. The zero-order chi connectivity index (χ0) is 14.3. The first-order chi connectivity index (χ1) is 8.15.